The molecule has 1 aliphatic rings. The van der Waals surface area contributed by atoms with Crippen LogP contribution in [0.1, 0.15) is 12.0 Å². The summed E-state index contributed by atoms with van der Waals surface area (Å²) in [6.45, 7) is 2.35. The van der Waals surface area contributed by atoms with Crippen molar-refractivity contribution >= 4 is 22.5 Å². The van der Waals surface area contributed by atoms with E-state index >= 15 is 0 Å². The molecule has 0 radical (unpaired) electrons. The Morgan fingerprint density at radius 3 is 3.04 bits per heavy atom. The topological polar surface area (TPSA) is 71.6 Å². The minimum Gasteiger partial charge on any atom is -0.497 e. The van der Waals surface area contributed by atoms with E-state index in [0.717, 1.165) is 48.1 Å². The number of fused-ring (bicyclic) bond motifs is 1. The van der Waals surface area contributed by atoms with Crippen molar-refractivity contribution in [1.29, 1.82) is 0 Å². The van der Waals surface area contributed by atoms with Gasteiger partial charge in [-0.2, -0.15) is 0 Å². The van der Waals surface area contributed by atoms with Gasteiger partial charge >= 0.3 is 0 Å². The van der Waals surface area contributed by atoms with Crippen molar-refractivity contribution in [3.8, 4) is 5.75 Å². The van der Waals surface area contributed by atoms with E-state index in [-0.39, 0.29) is 6.04 Å². The number of pyridine rings is 1. The molecule has 23 heavy (non-hydrogen) atoms. The van der Waals surface area contributed by atoms with Crippen molar-refractivity contribution in [1.82, 2.24) is 9.88 Å². The number of likely N-dealkylation sites (tertiary alicyclic amines) is 1. The molecule has 2 aromatic rings. The number of methoxy groups -OCH3 is 1. The predicted octanol–water partition coefficient (Wildman–Crippen LogP) is 1.83. The average molecular weight is 336 g/mol. The van der Waals surface area contributed by atoms with Crippen molar-refractivity contribution < 1.29 is 9.84 Å². The first-order chi connectivity index (χ1) is 11.1. The van der Waals surface area contributed by atoms with Crippen LogP contribution in [0.5, 0.6) is 5.75 Å². The summed E-state index contributed by atoms with van der Waals surface area (Å²) in [5.41, 5.74) is 7.84. The van der Waals surface area contributed by atoms with Gasteiger partial charge in [-0.25, -0.2) is 0 Å². The SMILES string of the molecule is COc1ccc2ncc(Cl)c(CCN3CC[C@H](N)[C@@H](O)C3)c2c1. The highest BCUT2D eigenvalue weighted by Gasteiger charge is 2.24. The third-order valence-electron chi connectivity index (χ3n) is 4.53. The fourth-order valence-corrected chi connectivity index (χ4v) is 3.32. The zero-order valence-electron chi connectivity index (χ0n) is 13.2. The highest BCUT2D eigenvalue weighted by Crippen LogP contribution is 2.28. The predicted molar refractivity (Wildman–Crippen MR) is 92.0 cm³/mol. The summed E-state index contributed by atoms with van der Waals surface area (Å²) in [6.07, 6.45) is 2.87. The van der Waals surface area contributed by atoms with E-state index in [0.29, 0.717) is 11.6 Å². The second kappa shape index (κ2) is 7.01. The Balaban J connectivity index is 1.80. The van der Waals surface area contributed by atoms with E-state index in [2.05, 4.69) is 9.88 Å². The number of aliphatic hydroxyl groups excluding tert-OH is 1. The number of rotatable bonds is 4. The molecule has 0 saturated carbocycles. The number of piperidine rings is 1. The number of aromatic nitrogens is 1. The number of benzene rings is 1. The molecule has 1 aromatic carbocycles. The monoisotopic (exact) mass is 335 g/mol. The number of hydrogen-bond donors (Lipinski definition) is 2. The Hall–Kier alpha value is -1.40. The molecule has 3 N–H and O–H groups in total. The van der Waals surface area contributed by atoms with Crippen molar-refractivity contribution in [2.75, 3.05) is 26.7 Å². The number of ether oxygens (including phenoxy) is 1. The maximum atomic E-state index is 9.92. The minimum absolute atomic E-state index is 0.110. The number of aliphatic hydroxyl groups is 1. The quantitative estimate of drug-likeness (QED) is 0.892. The summed E-state index contributed by atoms with van der Waals surface area (Å²) in [4.78, 5) is 6.61. The molecule has 5 nitrogen and oxygen atoms in total. The fourth-order valence-electron chi connectivity index (χ4n) is 3.07. The lowest BCUT2D eigenvalue weighted by Crippen LogP contribution is -2.50. The Kier molecular flexibility index (Phi) is 5.02. The van der Waals surface area contributed by atoms with E-state index in [9.17, 15) is 5.11 Å². The lowest BCUT2D eigenvalue weighted by atomic mass is 10.0. The number of nitrogens with zero attached hydrogens (tertiary/aromatic N) is 2. The highest BCUT2D eigenvalue weighted by atomic mass is 35.5. The van der Waals surface area contributed by atoms with Crippen LogP contribution in [-0.2, 0) is 6.42 Å². The van der Waals surface area contributed by atoms with Gasteiger partial charge in [-0.15, -0.1) is 0 Å². The van der Waals surface area contributed by atoms with Crippen molar-refractivity contribution in [3.63, 3.8) is 0 Å². The van der Waals surface area contributed by atoms with Gasteiger partial charge in [0.05, 0.1) is 23.8 Å². The molecular formula is C17H22ClN3O2. The van der Waals surface area contributed by atoms with Crippen molar-refractivity contribution in [3.05, 3.63) is 35.0 Å². The molecule has 1 fully saturated rings. The molecule has 124 valence electrons. The smallest absolute Gasteiger partial charge is 0.119 e. The van der Waals surface area contributed by atoms with Gasteiger partial charge in [0.15, 0.2) is 0 Å². The molecular weight excluding hydrogens is 314 g/mol. The molecule has 0 amide bonds. The van der Waals surface area contributed by atoms with Crippen LogP contribution in [-0.4, -0.2) is 53.9 Å². The second-order valence-corrected chi connectivity index (χ2v) is 6.45. The largest absolute Gasteiger partial charge is 0.497 e. The van der Waals surface area contributed by atoms with Crippen LogP contribution in [0, 0.1) is 0 Å². The molecule has 1 saturated heterocycles. The molecule has 0 aliphatic carbocycles. The van der Waals surface area contributed by atoms with Crippen LogP contribution in [0.2, 0.25) is 5.02 Å². The molecule has 3 rings (SSSR count). The molecule has 2 atom stereocenters. The van der Waals surface area contributed by atoms with Crippen LogP contribution in [0.25, 0.3) is 10.9 Å². The normalized spacial score (nSPS) is 22.4. The number of nitrogens with two attached hydrogens (primary N) is 1. The molecule has 0 unspecified atom stereocenters. The van der Waals surface area contributed by atoms with Crippen LogP contribution >= 0.6 is 11.6 Å². The maximum absolute atomic E-state index is 9.92. The van der Waals surface area contributed by atoms with E-state index in [1.54, 1.807) is 13.3 Å². The van der Waals surface area contributed by atoms with Crippen LogP contribution in [0.4, 0.5) is 0 Å². The first-order valence-electron chi connectivity index (χ1n) is 7.85. The van der Waals surface area contributed by atoms with Gasteiger partial charge in [0.25, 0.3) is 0 Å². The summed E-state index contributed by atoms with van der Waals surface area (Å²) in [5.74, 6) is 0.794. The van der Waals surface area contributed by atoms with Crippen LogP contribution < -0.4 is 10.5 Å². The van der Waals surface area contributed by atoms with Crippen LogP contribution in [0.15, 0.2) is 24.4 Å². The van der Waals surface area contributed by atoms with Crippen molar-refractivity contribution in [2.24, 2.45) is 5.73 Å². The summed E-state index contributed by atoms with van der Waals surface area (Å²) >= 11 is 6.38. The number of hydrogen-bond acceptors (Lipinski definition) is 5. The molecule has 1 aromatic heterocycles. The Bertz CT molecular complexity index is 695. The molecule has 1 aliphatic heterocycles. The first kappa shape index (κ1) is 16.5. The van der Waals surface area contributed by atoms with Crippen molar-refractivity contribution in [2.45, 2.75) is 25.0 Å². The summed E-state index contributed by atoms with van der Waals surface area (Å²) in [5, 5.41) is 11.6. The van der Waals surface area contributed by atoms with Gasteiger partial charge in [-0.05, 0) is 43.1 Å². The second-order valence-electron chi connectivity index (χ2n) is 6.04. The van der Waals surface area contributed by atoms with Gasteiger partial charge in [0.1, 0.15) is 5.75 Å². The number of β-amino-alcohol motifs (C(OH)–C–C–N with tert-alkyl or cyclic N) is 1. The lowest BCUT2D eigenvalue weighted by molar-refractivity contribution is 0.0542. The molecule has 0 spiro atoms. The summed E-state index contributed by atoms with van der Waals surface area (Å²) < 4.78 is 5.31. The first-order valence-corrected chi connectivity index (χ1v) is 8.23. The Morgan fingerprint density at radius 1 is 1.48 bits per heavy atom. The minimum atomic E-state index is -0.450. The van der Waals surface area contributed by atoms with Gasteiger partial charge in [0.2, 0.25) is 0 Å². The van der Waals surface area contributed by atoms with Gasteiger partial charge < -0.3 is 20.5 Å². The third-order valence-corrected chi connectivity index (χ3v) is 4.86. The van der Waals surface area contributed by atoms with E-state index in [1.165, 1.54) is 0 Å². The lowest BCUT2D eigenvalue weighted by Gasteiger charge is -2.34. The zero-order valence-corrected chi connectivity index (χ0v) is 14.0. The molecule has 2 heterocycles. The summed E-state index contributed by atoms with van der Waals surface area (Å²) in [7, 11) is 1.65. The zero-order chi connectivity index (χ0) is 16.4. The van der Waals surface area contributed by atoms with E-state index in [1.807, 2.05) is 18.2 Å². The average Bonchev–Trinajstić information content (AvgIpc) is 2.56. The summed E-state index contributed by atoms with van der Waals surface area (Å²) in [6, 6.07) is 5.71. The van der Waals surface area contributed by atoms with Crippen LogP contribution in [0.3, 0.4) is 0 Å². The van der Waals surface area contributed by atoms with Gasteiger partial charge in [-0.3, -0.25) is 4.98 Å². The third kappa shape index (κ3) is 3.58. The Labute approximate surface area is 141 Å². The standard InChI is InChI=1S/C17H22ClN3O2/c1-23-11-2-3-16-13(8-11)12(14(18)9-20-16)4-6-21-7-5-15(19)17(22)10-21/h2-3,8-9,15,17,22H,4-7,10,19H2,1H3/t15-,17-/m0/s1. The van der Waals surface area contributed by atoms with Gasteiger partial charge in [-0.1, -0.05) is 11.6 Å². The maximum Gasteiger partial charge on any atom is 0.119 e. The van der Waals surface area contributed by atoms with E-state index < -0.39 is 6.10 Å². The Morgan fingerprint density at radius 2 is 2.30 bits per heavy atom. The molecule has 6 heteroatoms. The van der Waals surface area contributed by atoms with E-state index in [4.69, 9.17) is 22.1 Å². The fraction of sp³-hybridized carbons (Fsp3) is 0.471. The molecule has 0 bridgehead atoms. The van der Waals surface area contributed by atoms with Gasteiger partial charge in [0, 0.05) is 30.7 Å². The number of halogens is 1. The highest BCUT2D eigenvalue weighted by molar-refractivity contribution is 6.32.